The SMILES string of the molecule is CNC(c1ccc(F)cc1C)C1CSCCN1C. The van der Waals surface area contributed by atoms with Crippen LogP contribution in [0.15, 0.2) is 18.2 Å². The Morgan fingerprint density at radius 3 is 2.89 bits per heavy atom. The fourth-order valence-electron chi connectivity index (χ4n) is 2.60. The third kappa shape index (κ3) is 2.87. The van der Waals surface area contributed by atoms with Crippen molar-refractivity contribution < 1.29 is 4.39 Å². The van der Waals surface area contributed by atoms with Gasteiger partial charge in [0.2, 0.25) is 0 Å². The molecule has 1 fully saturated rings. The highest BCUT2D eigenvalue weighted by atomic mass is 32.2. The first-order valence-corrected chi connectivity index (χ1v) is 7.50. The summed E-state index contributed by atoms with van der Waals surface area (Å²) in [7, 11) is 4.16. The van der Waals surface area contributed by atoms with E-state index >= 15 is 0 Å². The molecule has 0 saturated carbocycles. The molecule has 2 unspecified atom stereocenters. The molecule has 2 rings (SSSR count). The van der Waals surface area contributed by atoms with Gasteiger partial charge in [-0.3, -0.25) is 4.90 Å². The lowest BCUT2D eigenvalue weighted by atomic mass is 9.95. The van der Waals surface area contributed by atoms with Crippen molar-refractivity contribution in [3.8, 4) is 0 Å². The van der Waals surface area contributed by atoms with Crippen molar-refractivity contribution in [3.05, 3.63) is 35.1 Å². The minimum Gasteiger partial charge on any atom is -0.312 e. The molecule has 0 bridgehead atoms. The maximum atomic E-state index is 13.2. The molecule has 1 aliphatic rings. The summed E-state index contributed by atoms with van der Waals surface area (Å²) in [5.41, 5.74) is 2.23. The van der Waals surface area contributed by atoms with Gasteiger partial charge < -0.3 is 5.32 Å². The molecule has 1 N–H and O–H groups in total. The van der Waals surface area contributed by atoms with Gasteiger partial charge in [0.05, 0.1) is 0 Å². The summed E-state index contributed by atoms with van der Waals surface area (Å²) in [6.45, 7) is 3.10. The lowest BCUT2D eigenvalue weighted by molar-refractivity contribution is 0.221. The van der Waals surface area contributed by atoms with Crippen molar-refractivity contribution in [1.82, 2.24) is 10.2 Å². The Morgan fingerprint density at radius 2 is 2.28 bits per heavy atom. The Balaban J connectivity index is 2.26. The van der Waals surface area contributed by atoms with Gasteiger partial charge in [-0.2, -0.15) is 11.8 Å². The average Bonchev–Trinajstić information content (AvgIpc) is 2.34. The van der Waals surface area contributed by atoms with Gasteiger partial charge >= 0.3 is 0 Å². The van der Waals surface area contributed by atoms with Crippen LogP contribution in [0.25, 0.3) is 0 Å². The van der Waals surface area contributed by atoms with Crippen LogP contribution in [-0.4, -0.2) is 43.1 Å². The van der Waals surface area contributed by atoms with E-state index in [1.54, 1.807) is 12.1 Å². The lowest BCUT2D eigenvalue weighted by Gasteiger charge is -2.38. The lowest BCUT2D eigenvalue weighted by Crippen LogP contribution is -2.47. The first-order chi connectivity index (χ1) is 8.63. The minimum atomic E-state index is -0.155. The van der Waals surface area contributed by atoms with E-state index in [1.165, 1.54) is 11.3 Å². The Morgan fingerprint density at radius 1 is 1.50 bits per heavy atom. The Labute approximate surface area is 113 Å². The molecule has 0 spiro atoms. The second kappa shape index (κ2) is 6.04. The van der Waals surface area contributed by atoms with Gasteiger partial charge in [0.15, 0.2) is 0 Å². The molecule has 2 nitrogen and oxygen atoms in total. The molecule has 0 radical (unpaired) electrons. The predicted molar refractivity (Wildman–Crippen MR) is 76.7 cm³/mol. The molecular formula is C14H21FN2S. The number of rotatable bonds is 3. The normalized spacial score (nSPS) is 23.0. The number of nitrogens with zero attached hydrogens (tertiary/aromatic N) is 1. The standard InChI is InChI=1S/C14H21FN2S/c1-10-8-11(15)4-5-12(10)14(16-2)13-9-18-7-6-17(13)3/h4-5,8,13-14,16H,6-7,9H2,1-3H3. The molecule has 0 amide bonds. The molecule has 0 aliphatic carbocycles. The molecule has 1 aliphatic heterocycles. The molecule has 2 atom stereocenters. The zero-order valence-corrected chi connectivity index (χ0v) is 12.1. The number of nitrogens with one attached hydrogen (secondary N) is 1. The molecule has 1 heterocycles. The van der Waals surface area contributed by atoms with Crippen LogP contribution in [0, 0.1) is 12.7 Å². The van der Waals surface area contributed by atoms with Crippen LogP contribution in [-0.2, 0) is 0 Å². The second-order valence-electron chi connectivity index (χ2n) is 4.89. The first-order valence-electron chi connectivity index (χ1n) is 6.34. The number of thioether (sulfide) groups is 1. The van der Waals surface area contributed by atoms with E-state index in [4.69, 9.17) is 0 Å². The molecule has 4 heteroatoms. The number of aryl methyl sites for hydroxylation is 1. The predicted octanol–water partition coefficient (Wildman–Crippen LogP) is 2.44. The topological polar surface area (TPSA) is 15.3 Å². The third-order valence-electron chi connectivity index (χ3n) is 3.71. The molecule has 1 aromatic rings. The van der Waals surface area contributed by atoms with Gasteiger partial charge in [-0.25, -0.2) is 4.39 Å². The third-order valence-corrected chi connectivity index (χ3v) is 4.75. The molecule has 1 saturated heterocycles. The highest BCUT2D eigenvalue weighted by Gasteiger charge is 2.28. The van der Waals surface area contributed by atoms with Gasteiger partial charge in [-0.1, -0.05) is 6.07 Å². The van der Waals surface area contributed by atoms with Gasteiger partial charge in [0.25, 0.3) is 0 Å². The van der Waals surface area contributed by atoms with E-state index in [0.717, 1.165) is 17.9 Å². The van der Waals surface area contributed by atoms with Gasteiger partial charge in [0, 0.05) is 30.1 Å². The first kappa shape index (κ1) is 13.8. The van der Waals surface area contributed by atoms with E-state index in [9.17, 15) is 4.39 Å². The Kier molecular flexibility index (Phi) is 4.65. The second-order valence-corrected chi connectivity index (χ2v) is 6.04. The number of halogens is 1. The Hall–Kier alpha value is -0.580. The van der Waals surface area contributed by atoms with Crippen LogP contribution in [0.3, 0.4) is 0 Å². The fraction of sp³-hybridized carbons (Fsp3) is 0.571. The van der Waals surface area contributed by atoms with Crippen molar-refractivity contribution in [2.24, 2.45) is 0 Å². The summed E-state index contributed by atoms with van der Waals surface area (Å²) >= 11 is 2.00. The largest absolute Gasteiger partial charge is 0.312 e. The maximum absolute atomic E-state index is 13.2. The molecule has 100 valence electrons. The summed E-state index contributed by atoms with van der Waals surface area (Å²) < 4.78 is 13.2. The van der Waals surface area contributed by atoms with Crippen molar-refractivity contribution in [3.63, 3.8) is 0 Å². The number of likely N-dealkylation sites (N-methyl/N-ethyl adjacent to an activating group) is 2. The zero-order chi connectivity index (χ0) is 13.1. The number of benzene rings is 1. The molecule has 18 heavy (non-hydrogen) atoms. The van der Waals surface area contributed by atoms with Gasteiger partial charge in [0.1, 0.15) is 5.82 Å². The van der Waals surface area contributed by atoms with E-state index in [-0.39, 0.29) is 11.9 Å². The van der Waals surface area contributed by atoms with Gasteiger partial charge in [-0.05, 0) is 44.3 Å². The maximum Gasteiger partial charge on any atom is 0.123 e. The highest BCUT2D eigenvalue weighted by molar-refractivity contribution is 7.99. The van der Waals surface area contributed by atoms with Crippen molar-refractivity contribution in [1.29, 1.82) is 0 Å². The fourth-order valence-corrected chi connectivity index (χ4v) is 3.87. The van der Waals surface area contributed by atoms with Crippen LogP contribution in [0.1, 0.15) is 17.2 Å². The summed E-state index contributed by atoms with van der Waals surface area (Å²) in [5.74, 6) is 2.17. The van der Waals surface area contributed by atoms with Gasteiger partial charge in [-0.15, -0.1) is 0 Å². The Bertz CT molecular complexity index is 411. The minimum absolute atomic E-state index is 0.155. The van der Waals surface area contributed by atoms with Crippen LogP contribution >= 0.6 is 11.8 Å². The van der Waals surface area contributed by atoms with Crippen LogP contribution in [0.2, 0.25) is 0 Å². The van der Waals surface area contributed by atoms with Crippen molar-refractivity contribution in [2.45, 2.75) is 19.0 Å². The number of hydrogen-bond acceptors (Lipinski definition) is 3. The van der Waals surface area contributed by atoms with Crippen LogP contribution in [0.4, 0.5) is 4.39 Å². The average molecular weight is 268 g/mol. The van der Waals surface area contributed by atoms with Crippen LogP contribution < -0.4 is 5.32 Å². The molecule has 0 aromatic heterocycles. The smallest absolute Gasteiger partial charge is 0.123 e. The van der Waals surface area contributed by atoms with Crippen molar-refractivity contribution >= 4 is 11.8 Å². The van der Waals surface area contributed by atoms with E-state index in [2.05, 4.69) is 17.3 Å². The number of hydrogen-bond donors (Lipinski definition) is 1. The summed E-state index contributed by atoms with van der Waals surface area (Å²) in [5, 5.41) is 3.40. The van der Waals surface area contributed by atoms with Crippen molar-refractivity contribution in [2.75, 3.05) is 32.1 Å². The van der Waals surface area contributed by atoms with E-state index < -0.39 is 0 Å². The summed E-state index contributed by atoms with van der Waals surface area (Å²) in [6.07, 6.45) is 0. The summed E-state index contributed by atoms with van der Waals surface area (Å²) in [4.78, 5) is 2.40. The highest BCUT2D eigenvalue weighted by Crippen LogP contribution is 2.28. The molecular weight excluding hydrogens is 247 g/mol. The monoisotopic (exact) mass is 268 g/mol. The summed E-state index contributed by atoms with van der Waals surface area (Å²) in [6, 6.07) is 5.83. The zero-order valence-electron chi connectivity index (χ0n) is 11.2. The van der Waals surface area contributed by atoms with Crippen LogP contribution in [0.5, 0.6) is 0 Å². The quantitative estimate of drug-likeness (QED) is 0.906. The van der Waals surface area contributed by atoms with E-state index in [0.29, 0.717) is 6.04 Å². The van der Waals surface area contributed by atoms with E-state index in [1.807, 2.05) is 31.8 Å². The molecule has 1 aromatic carbocycles.